The molecular weight excluding hydrogens is 380 g/mol. The molecule has 0 unspecified atom stereocenters. The number of nitrogens with zero attached hydrogens (tertiary/aromatic N) is 2. The molecule has 1 aromatic heterocycles. The number of aromatic nitrogens is 2. The minimum Gasteiger partial charge on any atom is -0.472 e. The topological polar surface area (TPSA) is 56.1 Å². The van der Waals surface area contributed by atoms with Crippen LogP contribution in [0.25, 0.3) is 0 Å². The molecule has 9 heteroatoms. The SMILES string of the molecule is Cn1ccc(OCc2c(SC(F)F)cccc2C(=O)NBr)n1. The molecule has 0 atom stereocenters. The zero-order chi connectivity index (χ0) is 16.1. The van der Waals surface area contributed by atoms with E-state index >= 15 is 0 Å². The molecule has 0 radical (unpaired) electrons. The van der Waals surface area contributed by atoms with Crippen molar-refractivity contribution in [3.63, 3.8) is 0 Å². The van der Waals surface area contributed by atoms with E-state index in [2.05, 4.69) is 25.6 Å². The van der Waals surface area contributed by atoms with Gasteiger partial charge in [-0.05, 0) is 12.1 Å². The van der Waals surface area contributed by atoms with Crippen LogP contribution in [0.2, 0.25) is 0 Å². The summed E-state index contributed by atoms with van der Waals surface area (Å²) in [6.07, 6.45) is 1.70. The van der Waals surface area contributed by atoms with Crippen LogP contribution in [-0.4, -0.2) is 21.4 Å². The highest BCUT2D eigenvalue weighted by molar-refractivity contribution is 9.08. The van der Waals surface area contributed by atoms with Gasteiger partial charge in [0.25, 0.3) is 11.7 Å². The second-order valence-electron chi connectivity index (χ2n) is 4.20. The van der Waals surface area contributed by atoms with Gasteiger partial charge in [0.1, 0.15) is 6.61 Å². The Labute approximate surface area is 138 Å². The molecule has 5 nitrogen and oxygen atoms in total. The van der Waals surface area contributed by atoms with E-state index in [9.17, 15) is 13.6 Å². The molecule has 0 aliphatic carbocycles. The first-order chi connectivity index (χ1) is 10.5. The first kappa shape index (κ1) is 16.8. The van der Waals surface area contributed by atoms with E-state index in [1.54, 1.807) is 36.1 Å². The summed E-state index contributed by atoms with van der Waals surface area (Å²) in [5.41, 5.74) is 0.647. The molecule has 1 N–H and O–H groups in total. The number of alkyl halides is 2. The number of carbonyl (C=O) groups excluding carboxylic acids is 1. The molecule has 2 aromatic rings. The highest BCUT2D eigenvalue weighted by Gasteiger charge is 2.18. The van der Waals surface area contributed by atoms with Crippen LogP contribution in [-0.2, 0) is 13.7 Å². The molecule has 0 saturated heterocycles. The highest BCUT2D eigenvalue weighted by Crippen LogP contribution is 2.31. The van der Waals surface area contributed by atoms with Gasteiger partial charge in [-0.1, -0.05) is 17.8 Å². The summed E-state index contributed by atoms with van der Waals surface area (Å²) in [4.78, 5) is 12.1. The lowest BCUT2D eigenvalue weighted by Gasteiger charge is -2.13. The van der Waals surface area contributed by atoms with Gasteiger partial charge in [-0.2, -0.15) is 8.78 Å². The number of ether oxygens (including phenoxy) is 1. The summed E-state index contributed by atoms with van der Waals surface area (Å²) >= 11 is 3.22. The van der Waals surface area contributed by atoms with Crippen LogP contribution in [0.5, 0.6) is 5.88 Å². The number of hydrogen-bond acceptors (Lipinski definition) is 4. The molecule has 0 spiro atoms. The molecule has 2 rings (SSSR count). The lowest BCUT2D eigenvalue weighted by molar-refractivity contribution is 0.0983. The van der Waals surface area contributed by atoms with Crippen LogP contribution in [0.1, 0.15) is 15.9 Å². The average molecular weight is 392 g/mol. The summed E-state index contributed by atoms with van der Waals surface area (Å²) < 4.78 is 34.7. The van der Waals surface area contributed by atoms with Crippen molar-refractivity contribution in [2.75, 3.05) is 0 Å². The number of thioether (sulfide) groups is 1. The molecule has 0 fully saturated rings. The lowest BCUT2D eigenvalue weighted by atomic mass is 10.1. The van der Waals surface area contributed by atoms with Gasteiger partial charge in [-0.25, -0.2) is 0 Å². The van der Waals surface area contributed by atoms with Gasteiger partial charge in [0.15, 0.2) is 0 Å². The Kier molecular flexibility index (Phi) is 5.78. The van der Waals surface area contributed by atoms with Gasteiger partial charge in [-0.15, -0.1) is 5.10 Å². The van der Waals surface area contributed by atoms with E-state index in [-0.39, 0.29) is 12.2 Å². The van der Waals surface area contributed by atoms with Crippen molar-refractivity contribution >= 4 is 33.8 Å². The Hall–Kier alpha value is -1.61. The van der Waals surface area contributed by atoms with Crippen molar-refractivity contribution < 1.29 is 18.3 Å². The second-order valence-corrected chi connectivity index (χ2v) is 5.63. The maximum absolute atomic E-state index is 12.7. The van der Waals surface area contributed by atoms with E-state index in [0.717, 1.165) is 0 Å². The van der Waals surface area contributed by atoms with Crippen LogP contribution in [0, 0.1) is 0 Å². The van der Waals surface area contributed by atoms with Gasteiger partial charge >= 0.3 is 0 Å². The smallest absolute Gasteiger partial charge is 0.288 e. The molecule has 22 heavy (non-hydrogen) atoms. The van der Waals surface area contributed by atoms with E-state index in [1.165, 1.54) is 6.07 Å². The number of nitrogens with one attached hydrogen (secondary N) is 1. The van der Waals surface area contributed by atoms with Gasteiger partial charge in [0.05, 0.1) is 0 Å². The third kappa shape index (κ3) is 4.20. The number of hydrogen-bond donors (Lipinski definition) is 1. The standard InChI is InChI=1S/C13H12BrF2N3O2S/c1-19-6-5-11(18-19)21-7-9-8(12(20)17-14)3-2-4-10(9)22-13(15)16/h2-6,13H,7H2,1H3,(H,17,20). The molecular formula is C13H12BrF2N3O2S. The van der Waals surface area contributed by atoms with Crippen molar-refractivity contribution in [3.05, 3.63) is 41.6 Å². The molecule has 0 bridgehead atoms. The Morgan fingerprint density at radius 2 is 2.27 bits per heavy atom. The van der Waals surface area contributed by atoms with Crippen molar-refractivity contribution in [1.82, 2.24) is 14.1 Å². The predicted octanol–water partition coefficient (Wildman–Crippen LogP) is 3.35. The third-order valence-corrected chi connectivity index (χ3v) is 3.91. The third-order valence-electron chi connectivity index (χ3n) is 2.73. The lowest BCUT2D eigenvalue weighted by Crippen LogP contribution is -2.16. The monoisotopic (exact) mass is 391 g/mol. The van der Waals surface area contributed by atoms with Crippen LogP contribution < -0.4 is 9.08 Å². The van der Waals surface area contributed by atoms with Crippen LogP contribution >= 0.6 is 27.9 Å². The summed E-state index contributed by atoms with van der Waals surface area (Å²) in [6.45, 7) is -0.0390. The maximum atomic E-state index is 12.7. The average Bonchev–Trinajstić information content (AvgIpc) is 2.90. The zero-order valence-electron chi connectivity index (χ0n) is 11.4. The summed E-state index contributed by atoms with van der Waals surface area (Å²) in [6, 6.07) is 6.27. The number of aryl methyl sites for hydroxylation is 1. The Morgan fingerprint density at radius 1 is 1.50 bits per heavy atom. The van der Waals surface area contributed by atoms with Crippen LogP contribution in [0.15, 0.2) is 35.4 Å². The fourth-order valence-electron chi connectivity index (χ4n) is 1.80. The van der Waals surface area contributed by atoms with Gasteiger partial charge in [0.2, 0.25) is 5.88 Å². The maximum Gasteiger partial charge on any atom is 0.288 e. The molecule has 118 valence electrons. The van der Waals surface area contributed by atoms with Crippen molar-refractivity contribution in [3.8, 4) is 5.88 Å². The summed E-state index contributed by atoms with van der Waals surface area (Å²) in [7, 11) is 1.73. The first-order valence-corrected chi connectivity index (χ1v) is 7.78. The molecule has 1 amide bonds. The molecule has 1 aromatic carbocycles. The Balaban J connectivity index is 2.29. The van der Waals surface area contributed by atoms with Crippen LogP contribution in [0.3, 0.4) is 0 Å². The minimum absolute atomic E-state index is 0.0390. The number of amides is 1. The second kappa shape index (κ2) is 7.59. The quantitative estimate of drug-likeness (QED) is 0.605. The van der Waals surface area contributed by atoms with Crippen molar-refractivity contribution in [2.45, 2.75) is 17.3 Å². The van der Waals surface area contributed by atoms with E-state index in [1.807, 2.05) is 0 Å². The van der Waals surface area contributed by atoms with Crippen molar-refractivity contribution in [2.24, 2.45) is 7.05 Å². The summed E-state index contributed by atoms with van der Waals surface area (Å²) in [5, 5.41) is 4.04. The van der Waals surface area contributed by atoms with Crippen LogP contribution in [0.4, 0.5) is 8.78 Å². The largest absolute Gasteiger partial charge is 0.472 e. The number of carbonyl (C=O) groups is 1. The van der Waals surface area contributed by atoms with Gasteiger partial charge in [-0.3, -0.25) is 13.8 Å². The molecule has 0 saturated carbocycles. The minimum atomic E-state index is -2.59. The van der Waals surface area contributed by atoms with Gasteiger partial charge < -0.3 is 4.74 Å². The molecule has 0 aliphatic rings. The van der Waals surface area contributed by atoms with Gasteiger partial charge in [0, 0.05) is 51.5 Å². The van der Waals surface area contributed by atoms with Crippen molar-refractivity contribution in [1.29, 1.82) is 0 Å². The highest BCUT2D eigenvalue weighted by atomic mass is 79.9. The fourth-order valence-corrected chi connectivity index (χ4v) is 2.68. The Bertz CT molecular complexity index is 666. The zero-order valence-corrected chi connectivity index (χ0v) is 13.8. The summed E-state index contributed by atoms with van der Waals surface area (Å²) in [5.74, 6) is -2.67. The number of halogens is 3. The first-order valence-electron chi connectivity index (χ1n) is 6.11. The normalized spacial score (nSPS) is 10.8. The number of rotatable bonds is 6. The number of benzene rings is 1. The molecule has 1 heterocycles. The fraction of sp³-hybridized carbons (Fsp3) is 0.231. The van der Waals surface area contributed by atoms with E-state index in [4.69, 9.17) is 4.74 Å². The molecule has 0 aliphatic heterocycles. The Morgan fingerprint density at radius 3 is 2.86 bits per heavy atom. The van der Waals surface area contributed by atoms with E-state index in [0.29, 0.717) is 28.1 Å². The predicted molar refractivity (Wildman–Crippen MR) is 82.2 cm³/mol. The van der Waals surface area contributed by atoms with E-state index < -0.39 is 11.7 Å².